The lowest BCUT2D eigenvalue weighted by atomic mass is 10.0. The number of rotatable bonds is 7. The molecule has 2 saturated heterocycles. The van der Waals surface area contributed by atoms with Gasteiger partial charge in [0.05, 0.1) is 22.2 Å². The lowest BCUT2D eigenvalue weighted by Gasteiger charge is -2.34. The van der Waals surface area contributed by atoms with E-state index >= 15 is 0 Å². The minimum Gasteiger partial charge on any atom is -0.506 e. The van der Waals surface area contributed by atoms with Crippen molar-refractivity contribution in [2.75, 3.05) is 32.8 Å². The third kappa shape index (κ3) is 4.77. The number of aliphatic hydroxyl groups excluding tert-OH is 1. The quantitative estimate of drug-likeness (QED) is 0.333. The molecule has 3 N–H and O–H groups in total. The fraction of sp³-hybridized carbons (Fsp3) is 0.464. The maximum atomic E-state index is 13.2. The highest BCUT2D eigenvalue weighted by molar-refractivity contribution is 7.14. The van der Waals surface area contributed by atoms with Gasteiger partial charge >= 0.3 is 0 Å². The summed E-state index contributed by atoms with van der Waals surface area (Å²) in [6, 6.07) is 9.03. The fourth-order valence-corrected chi connectivity index (χ4v) is 6.97. The van der Waals surface area contributed by atoms with Crippen LogP contribution in [0.2, 0.25) is 0 Å². The van der Waals surface area contributed by atoms with Gasteiger partial charge in [0.15, 0.2) is 0 Å². The number of aromatic nitrogens is 3. The number of aromatic amines is 1. The molecule has 6 rings (SSSR count). The highest BCUT2D eigenvalue weighted by Crippen LogP contribution is 2.31. The lowest BCUT2D eigenvalue weighted by molar-refractivity contribution is 0.0841. The van der Waals surface area contributed by atoms with Crippen LogP contribution in [0.15, 0.2) is 39.9 Å². The van der Waals surface area contributed by atoms with Crippen LogP contribution in [0.3, 0.4) is 0 Å². The van der Waals surface area contributed by atoms with E-state index in [4.69, 9.17) is 0 Å². The predicted octanol–water partition coefficient (Wildman–Crippen LogP) is 3.11. The second kappa shape index (κ2) is 10.6. The number of nitrogens with one attached hydrogen (secondary N) is 1. The number of aliphatic hydroxyl groups is 1. The van der Waals surface area contributed by atoms with Gasteiger partial charge in [0.25, 0.3) is 11.1 Å². The van der Waals surface area contributed by atoms with Crippen molar-refractivity contribution in [2.45, 2.75) is 51.2 Å². The normalized spacial score (nSPS) is 19.1. The third-order valence-electron chi connectivity index (χ3n) is 7.93. The smallest absolute Gasteiger partial charge is 0.275 e. The van der Waals surface area contributed by atoms with Crippen LogP contribution in [0.4, 0.5) is 0 Å². The second-order valence-electron chi connectivity index (χ2n) is 10.5. The fourth-order valence-electron chi connectivity index (χ4n) is 5.88. The van der Waals surface area contributed by atoms with Gasteiger partial charge in [-0.2, -0.15) is 0 Å². The van der Waals surface area contributed by atoms with Gasteiger partial charge in [-0.25, -0.2) is 4.98 Å². The molecule has 38 heavy (non-hydrogen) atoms. The Labute approximate surface area is 224 Å². The van der Waals surface area contributed by atoms with E-state index in [1.807, 2.05) is 12.1 Å². The van der Waals surface area contributed by atoms with E-state index in [0.29, 0.717) is 35.1 Å². The molecule has 200 valence electrons. The van der Waals surface area contributed by atoms with Crippen LogP contribution in [0.1, 0.15) is 37.7 Å². The van der Waals surface area contributed by atoms with Gasteiger partial charge in [-0.1, -0.05) is 30.1 Å². The summed E-state index contributed by atoms with van der Waals surface area (Å²) in [6.45, 7) is 5.19. The van der Waals surface area contributed by atoms with Crippen LogP contribution < -0.4 is 11.1 Å². The molecule has 0 radical (unpaired) electrons. The van der Waals surface area contributed by atoms with Gasteiger partial charge in [0.1, 0.15) is 17.0 Å². The van der Waals surface area contributed by atoms with Gasteiger partial charge in [0.2, 0.25) is 0 Å². The summed E-state index contributed by atoms with van der Waals surface area (Å²) in [7, 11) is 0. The number of phenols is 1. The highest BCUT2D eigenvalue weighted by Gasteiger charge is 2.23. The molecule has 0 amide bonds. The van der Waals surface area contributed by atoms with E-state index in [2.05, 4.69) is 19.8 Å². The standard InChI is InChI=1S/C28H33N5O4S/c34-17-19-6-1-2-11-32(19)16-18-14-22-25(23(35)15-18)30-24(27(36)29-22)20-7-5-8-21-26(20)38-33(28(21)37)13-12-31-9-3-4-10-31/h5,7-8,14-15,19,34-35H,1-4,6,9-13,16-17H2,(H,29,36)/t19-/m1/s1. The van der Waals surface area contributed by atoms with E-state index in [9.17, 15) is 19.8 Å². The molecule has 2 aromatic heterocycles. The third-order valence-corrected chi connectivity index (χ3v) is 9.12. The second-order valence-corrected chi connectivity index (χ2v) is 11.5. The minimum atomic E-state index is -0.364. The Morgan fingerprint density at radius 2 is 1.87 bits per heavy atom. The predicted molar refractivity (Wildman–Crippen MR) is 150 cm³/mol. The van der Waals surface area contributed by atoms with Crippen molar-refractivity contribution < 1.29 is 10.2 Å². The van der Waals surface area contributed by atoms with Gasteiger partial charge in [-0.3, -0.25) is 18.4 Å². The van der Waals surface area contributed by atoms with Gasteiger partial charge < -0.3 is 20.1 Å². The average Bonchev–Trinajstić information content (AvgIpc) is 3.55. The molecule has 0 spiro atoms. The summed E-state index contributed by atoms with van der Waals surface area (Å²) in [5.41, 5.74) is 2.02. The Kier molecular flexibility index (Phi) is 7.05. The lowest BCUT2D eigenvalue weighted by Crippen LogP contribution is -2.41. The minimum absolute atomic E-state index is 0.00361. The molecule has 2 aliphatic heterocycles. The number of benzene rings is 2. The van der Waals surface area contributed by atoms with E-state index in [0.717, 1.165) is 55.7 Å². The summed E-state index contributed by atoms with van der Waals surface area (Å²) in [5, 5.41) is 21.2. The molecule has 2 aromatic carbocycles. The Balaban J connectivity index is 1.34. The monoisotopic (exact) mass is 535 g/mol. The van der Waals surface area contributed by atoms with Gasteiger partial charge in [0, 0.05) is 31.2 Å². The maximum absolute atomic E-state index is 13.2. The maximum Gasteiger partial charge on any atom is 0.275 e. The topological polar surface area (TPSA) is 115 Å². The number of fused-ring (bicyclic) bond motifs is 2. The van der Waals surface area contributed by atoms with Crippen LogP contribution >= 0.6 is 11.5 Å². The molecule has 10 heteroatoms. The zero-order chi connectivity index (χ0) is 26.2. The molecule has 0 bridgehead atoms. The number of H-pyrrole nitrogens is 1. The Morgan fingerprint density at radius 1 is 1.05 bits per heavy atom. The number of likely N-dealkylation sites (tertiary alicyclic amines) is 2. The first-order valence-electron chi connectivity index (χ1n) is 13.5. The SMILES string of the molecule is O=c1[nH]c2cc(CN3CCCC[C@@H]3CO)cc(O)c2nc1-c1cccc2c(=O)n(CCN3CCCC3)sc12. The summed E-state index contributed by atoms with van der Waals surface area (Å²) in [4.78, 5) is 38.5. The first-order chi connectivity index (χ1) is 18.5. The van der Waals surface area contributed by atoms with Crippen LogP contribution in [-0.4, -0.2) is 72.8 Å². The van der Waals surface area contributed by atoms with Crippen molar-refractivity contribution in [3.05, 3.63) is 56.6 Å². The molecule has 4 aromatic rings. The van der Waals surface area contributed by atoms with Gasteiger partial charge in [-0.15, -0.1) is 0 Å². The summed E-state index contributed by atoms with van der Waals surface area (Å²) < 4.78 is 2.50. The zero-order valence-corrected chi connectivity index (χ0v) is 22.2. The first-order valence-corrected chi connectivity index (χ1v) is 14.3. The van der Waals surface area contributed by atoms with Crippen molar-refractivity contribution in [3.63, 3.8) is 0 Å². The molecule has 1 atom stereocenters. The molecule has 0 unspecified atom stereocenters. The average molecular weight is 536 g/mol. The molecule has 0 aliphatic carbocycles. The molecule has 4 heterocycles. The molecular formula is C28H33N5O4S. The number of nitrogens with zero attached hydrogens (tertiary/aromatic N) is 4. The van der Waals surface area contributed by atoms with Crippen LogP contribution in [0.5, 0.6) is 5.75 Å². The van der Waals surface area contributed by atoms with E-state index in [-0.39, 0.29) is 35.2 Å². The van der Waals surface area contributed by atoms with Gasteiger partial charge in [-0.05, 0) is 69.1 Å². The summed E-state index contributed by atoms with van der Waals surface area (Å²) in [5.74, 6) is -0.00361. The molecule has 9 nitrogen and oxygen atoms in total. The van der Waals surface area contributed by atoms with Crippen molar-refractivity contribution in [3.8, 4) is 17.0 Å². The van der Waals surface area contributed by atoms with Crippen molar-refractivity contribution in [1.82, 2.24) is 23.7 Å². The Bertz CT molecular complexity index is 1590. The van der Waals surface area contributed by atoms with Crippen molar-refractivity contribution in [2.24, 2.45) is 0 Å². The summed E-state index contributed by atoms with van der Waals surface area (Å²) in [6.07, 6.45) is 5.55. The number of piperidine rings is 1. The highest BCUT2D eigenvalue weighted by atomic mass is 32.1. The van der Waals surface area contributed by atoms with Crippen molar-refractivity contribution in [1.29, 1.82) is 0 Å². The number of hydrogen-bond donors (Lipinski definition) is 3. The van der Waals surface area contributed by atoms with Crippen LogP contribution in [0.25, 0.3) is 32.4 Å². The molecule has 0 saturated carbocycles. The van der Waals surface area contributed by atoms with Crippen LogP contribution in [0, 0.1) is 0 Å². The van der Waals surface area contributed by atoms with E-state index in [1.54, 1.807) is 22.2 Å². The van der Waals surface area contributed by atoms with Crippen molar-refractivity contribution >= 4 is 32.7 Å². The molecule has 2 fully saturated rings. The van der Waals surface area contributed by atoms with E-state index in [1.165, 1.54) is 24.4 Å². The number of phenolic OH excluding ortho intramolecular Hbond substituents is 1. The zero-order valence-electron chi connectivity index (χ0n) is 21.4. The number of aromatic hydroxyl groups is 1. The molecule has 2 aliphatic rings. The number of hydrogen-bond acceptors (Lipinski definition) is 8. The first kappa shape index (κ1) is 25.2. The molecular weight excluding hydrogens is 502 g/mol. The Hall–Kier alpha value is -3.05. The van der Waals surface area contributed by atoms with Crippen LogP contribution in [-0.2, 0) is 13.1 Å². The summed E-state index contributed by atoms with van der Waals surface area (Å²) >= 11 is 1.37. The van der Waals surface area contributed by atoms with E-state index < -0.39 is 0 Å². The largest absolute Gasteiger partial charge is 0.506 e. The Morgan fingerprint density at radius 3 is 2.68 bits per heavy atom.